The van der Waals surface area contributed by atoms with E-state index in [0.29, 0.717) is 23.7 Å². The lowest BCUT2D eigenvalue weighted by Crippen LogP contribution is -2.36. The summed E-state index contributed by atoms with van der Waals surface area (Å²) in [6, 6.07) is 0. The molecule has 3 nitrogen and oxygen atoms in total. The van der Waals surface area contributed by atoms with Gasteiger partial charge in [0.05, 0.1) is 4.48 Å². The molecule has 0 heterocycles. The molecule has 0 saturated heterocycles. The van der Waals surface area contributed by atoms with Gasteiger partial charge in [0.1, 0.15) is 5.41 Å². The monoisotopic (exact) mass is 246 g/mol. The van der Waals surface area contributed by atoms with Crippen LogP contribution in [-0.4, -0.2) is 16.9 Å². The fourth-order valence-electron chi connectivity index (χ4n) is 1.61. The summed E-state index contributed by atoms with van der Waals surface area (Å²) in [4.78, 5) is 22.6. The van der Waals surface area contributed by atoms with Crippen LogP contribution < -0.4 is 0 Å². The highest BCUT2D eigenvalue weighted by Gasteiger charge is 2.48. The van der Waals surface area contributed by atoms with Crippen LogP contribution in [0, 0.1) is 5.41 Å². The summed E-state index contributed by atoms with van der Waals surface area (Å²) < 4.78 is 0.406. The molecular weight excluding hydrogens is 236 g/mol. The van der Waals surface area contributed by atoms with E-state index >= 15 is 0 Å². The molecule has 0 aromatic rings. The van der Waals surface area contributed by atoms with Crippen molar-refractivity contribution in [2.75, 3.05) is 0 Å². The Morgan fingerprint density at radius 1 is 1.77 bits per heavy atom. The summed E-state index contributed by atoms with van der Waals surface area (Å²) in [6.45, 7) is 1.88. The van der Waals surface area contributed by atoms with Gasteiger partial charge in [-0.05, 0) is 28.8 Å². The van der Waals surface area contributed by atoms with E-state index < -0.39 is 11.4 Å². The van der Waals surface area contributed by atoms with Crippen molar-refractivity contribution in [2.24, 2.45) is 5.41 Å². The van der Waals surface area contributed by atoms with Crippen LogP contribution in [0.5, 0.6) is 0 Å². The van der Waals surface area contributed by atoms with Crippen molar-refractivity contribution in [1.29, 1.82) is 0 Å². The summed E-state index contributed by atoms with van der Waals surface area (Å²) in [5.41, 5.74) is -1.19. The number of carboxylic acids is 1. The Kier molecular flexibility index (Phi) is 2.91. The molecule has 1 rings (SSSR count). The molecular formula is C9H11BrO3. The SMILES string of the molecule is CCCC1(C(=O)O)CC=C(Br)C1=O. The zero-order valence-corrected chi connectivity index (χ0v) is 8.93. The molecule has 72 valence electrons. The number of ketones is 1. The van der Waals surface area contributed by atoms with E-state index in [1.54, 1.807) is 6.08 Å². The first-order valence-electron chi connectivity index (χ1n) is 4.18. The van der Waals surface area contributed by atoms with Gasteiger partial charge in [0.25, 0.3) is 0 Å². The lowest BCUT2D eigenvalue weighted by molar-refractivity contribution is -0.153. The first kappa shape index (κ1) is 10.4. The van der Waals surface area contributed by atoms with Gasteiger partial charge in [-0.1, -0.05) is 19.4 Å². The maximum Gasteiger partial charge on any atom is 0.317 e. The Bertz CT molecular complexity index is 283. The predicted molar refractivity (Wildman–Crippen MR) is 51.6 cm³/mol. The van der Waals surface area contributed by atoms with Crippen molar-refractivity contribution in [2.45, 2.75) is 26.2 Å². The summed E-state index contributed by atoms with van der Waals surface area (Å²) in [6.07, 6.45) is 3.07. The number of Topliss-reactive ketones (excluding diaryl/α,β-unsaturated/α-hetero) is 1. The minimum Gasteiger partial charge on any atom is -0.480 e. The molecule has 0 spiro atoms. The molecule has 13 heavy (non-hydrogen) atoms. The van der Waals surface area contributed by atoms with Gasteiger partial charge in [-0.3, -0.25) is 9.59 Å². The Balaban J connectivity index is 2.96. The third-order valence-electron chi connectivity index (χ3n) is 2.37. The first-order valence-corrected chi connectivity index (χ1v) is 4.97. The van der Waals surface area contributed by atoms with E-state index in [1.807, 2.05) is 6.92 Å². The Hall–Kier alpha value is -0.640. The van der Waals surface area contributed by atoms with Crippen LogP contribution in [0.3, 0.4) is 0 Å². The maximum atomic E-state index is 11.6. The molecule has 0 aliphatic heterocycles. The number of carbonyl (C=O) groups is 2. The van der Waals surface area contributed by atoms with Gasteiger partial charge in [-0.25, -0.2) is 0 Å². The van der Waals surface area contributed by atoms with Crippen molar-refractivity contribution in [3.63, 3.8) is 0 Å². The summed E-state index contributed by atoms with van der Waals surface area (Å²) in [5.74, 6) is -1.30. The molecule has 0 radical (unpaired) electrons. The van der Waals surface area contributed by atoms with Gasteiger partial charge in [0.2, 0.25) is 0 Å². The number of hydrogen-bond donors (Lipinski definition) is 1. The average Bonchev–Trinajstić information content (AvgIpc) is 2.34. The molecule has 0 fully saturated rings. The first-order chi connectivity index (χ1) is 6.04. The number of aliphatic carboxylic acids is 1. The molecule has 0 aromatic heterocycles. The highest BCUT2D eigenvalue weighted by atomic mass is 79.9. The van der Waals surface area contributed by atoms with E-state index in [0.717, 1.165) is 0 Å². The normalized spacial score (nSPS) is 27.5. The highest BCUT2D eigenvalue weighted by molar-refractivity contribution is 9.12. The minimum absolute atomic E-state index is 0.290. The van der Waals surface area contributed by atoms with E-state index in [1.165, 1.54) is 0 Å². The van der Waals surface area contributed by atoms with E-state index in [2.05, 4.69) is 15.9 Å². The van der Waals surface area contributed by atoms with Gasteiger partial charge in [0.15, 0.2) is 5.78 Å². The molecule has 0 bridgehead atoms. The van der Waals surface area contributed by atoms with Crippen LogP contribution in [0.15, 0.2) is 10.6 Å². The second-order valence-corrected chi connectivity index (χ2v) is 4.08. The Labute approximate surface area is 84.9 Å². The van der Waals surface area contributed by atoms with Gasteiger partial charge < -0.3 is 5.11 Å². The molecule has 1 aliphatic rings. The van der Waals surface area contributed by atoms with Gasteiger partial charge in [0, 0.05) is 0 Å². The van der Waals surface area contributed by atoms with Crippen molar-refractivity contribution < 1.29 is 14.7 Å². The Morgan fingerprint density at radius 3 is 2.69 bits per heavy atom. The van der Waals surface area contributed by atoms with Crippen LogP contribution in [0.1, 0.15) is 26.2 Å². The number of rotatable bonds is 3. The second-order valence-electron chi connectivity index (χ2n) is 3.22. The van der Waals surface area contributed by atoms with Crippen LogP contribution in [-0.2, 0) is 9.59 Å². The maximum absolute atomic E-state index is 11.6. The lowest BCUT2D eigenvalue weighted by atomic mass is 9.80. The fourth-order valence-corrected chi connectivity index (χ4v) is 2.15. The standard InChI is InChI=1S/C9H11BrO3/c1-2-4-9(8(12)13)5-3-6(10)7(9)11/h3H,2,4-5H2,1H3,(H,12,13). The number of carboxylic acid groups (broad SMARTS) is 1. The van der Waals surface area contributed by atoms with Crippen molar-refractivity contribution >= 4 is 27.7 Å². The molecule has 4 heteroatoms. The smallest absolute Gasteiger partial charge is 0.317 e. The molecule has 0 saturated carbocycles. The van der Waals surface area contributed by atoms with Crippen LogP contribution in [0.4, 0.5) is 0 Å². The molecule has 1 atom stereocenters. The number of carbonyl (C=O) groups excluding carboxylic acids is 1. The number of hydrogen-bond acceptors (Lipinski definition) is 2. The lowest BCUT2D eigenvalue weighted by Gasteiger charge is -2.21. The third kappa shape index (κ3) is 1.55. The van der Waals surface area contributed by atoms with Crippen molar-refractivity contribution in [1.82, 2.24) is 0 Å². The van der Waals surface area contributed by atoms with Crippen LogP contribution in [0.25, 0.3) is 0 Å². The predicted octanol–water partition coefficient (Wildman–Crippen LogP) is 2.11. The summed E-state index contributed by atoms with van der Waals surface area (Å²) in [5, 5.41) is 9.01. The van der Waals surface area contributed by atoms with Gasteiger partial charge >= 0.3 is 5.97 Å². The second kappa shape index (κ2) is 3.62. The van der Waals surface area contributed by atoms with Crippen molar-refractivity contribution in [3.8, 4) is 0 Å². The topological polar surface area (TPSA) is 54.4 Å². The van der Waals surface area contributed by atoms with Crippen LogP contribution in [0.2, 0.25) is 0 Å². The quantitative estimate of drug-likeness (QED) is 0.777. The molecule has 1 unspecified atom stereocenters. The van der Waals surface area contributed by atoms with E-state index in [-0.39, 0.29) is 5.78 Å². The number of allylic oxidation sites excluding steroid dienone is 2. The third-order valence-corrected chi connectivity index (χ3v) is 3.05. The summed E-state index contributed by atoms with van der Waals surface area (Å²) >= 11 is 3.07. The minimum atomic E-state index is -1.19. The molecule has 0 aromatic carbocycles. The van der Waals surface area contributed by atoms with E-state index in [4.69, 9.17) is 5.11 Å². The van der Waals surface area contributed by atoms with E-state index in [9.17, 15) is 9.59 Å². The van der Waals surface area contributed by atoms with Gasteiger partial charge in [-0.15, -0.1) is 0 Å². The van der Waals surface area contributed by atoms with Crippen LogP contribution >= 0.6 is 15.9 Å². The largest absolute Gasteiger partial charge is 0.480 e. The van der Waals surface area contributed by atoms with Gasteiger partial charge in [-0.2, -0.15) is 0 Å². The molecule has 1 N–H and O–H groups in total. The highest BCUT2D eigenvalue weighted by Crippen LogP contribution is 2.40. The fraction of sp³-hybridized carbons (Fsp3) is 0.556. The zero-order chi connectivity index (χ0) is 10.1. The zero-order valence-electron chi connectivity index (χ0n) is 7.34. The van der Waals surface area contributed by atoms with Crippen molar-refractivity contribution in [3.05, 3.63) is 10.6 Å². The molecule has 0 amide bonds. The summed E-state index contributed by atoms with van der Waals surface area (Å²) in [7, 11) is 0. The molecule has 1 aliphatic carbocycles. The Morgan fingerprint density at radius 2 is 2.38 bits per heavy atom. The number of halogens is 1. The average molecular weight is 247 g/mol.